The Labute approximate surface area is 110 Å². The number of halogens is 1. The van der Waals surface area contributed by atoms with Crippen molar-refractivity contribution >= 4 is 17.6 Å². The van der Waals surface area contributed by atoms with Crippen LogP contribution in [0.4, 0.5) is 4.79 Å². The molecule has 0 saturated carbocycles. The van der Waals surface area contributed by atoms with Crippen molar-refractivity contribution in [1.82, 2.24) is 10.2 Å². The lowest BCUT2D eigenvalue weighted by Gasteiger charge is -2.16. The Hall–Kier alpha value is -1.93. The summed E-state index contributed by atoms with van der Waals surface area (Å²) in [5, 5.41) is 12.1. The summed E-state index contributed by atoms with van der Waals surface area (Å²) in [6.07, 6.45) is 1.83. The lowest BCUT2D eigenvalue weighted by Crippen LogP contribution is -2.23. The van der Waals surface area contributed by atoms with E-state index in [0.29, 0.717) is 10.8 Å². The molecular formula is C12H12ClN3O2. The second-order valence-electron chi connectivity index (χ2n) is 4.06. The molecule has 0 radical (unpaired) electrons. The van der Waals surface area contributed by atoms with Crippen LogP contribution < -0.4 is 10.1 Å². The Morgan fingerprint density at radius 3 is 2.89 bits per heavy atom. The molecule has 2 amide bonds. The van der Waals surface area contributed by atoms with Crippen molar-refractivity contribution in [3.63, 3.8) is 0 Å². The maximum Gasteiger partial charge on any atom is 0.331 e. The second kappa shape index (κ2) is 4.75. The van der Waals surface area contributed by atoms with E-state index < -0.39 is 6.03 Å². The largest absolute Gasteiger partial charge is 0.496 e. The third-order valence-electron chi connectivity index (χ3n) is 2.88. The molecule has 1 aromatic carbocycles. The average molecular weight is 266 g/mol. The van der Waals surface area contributed by atoms with Crippen LogP contribution in [0.1, 0.15) is 17.2 Å². The van der Waals surface area contributed by atoms with E-state index in [-0.39, 0.29) is 12.6 Å². The normalized spacial score (nSPS) is 18.4. The van der Waals surface area contributed by atoms with Crippen LogP contribution in [0.3, 0.4) is 0 Å². The predicted molar refractivity (Wildman–Crippen MR) is 66.3 cm³/mol. The number of nitrogens with zero attached hydrogens (tertiary/aromatic N) is 2. The summed E-state index contributed by atoms with van der Waals surface area (Å²) in [4.78, 5) is 12.5. The summed E-state index contributed by atoms with van der Waals surface area (Å²) in [5.74, 6) is 0.685. The van der Waals surface area contributed by atoms with Crippen molar-refractivity contribution in [2.24, 2.45) is 0 Å². The van der Waals surface area contributed by atoms with Gasteiger partial charge in [0, 0.05) is 10.6 Å². The number of rotatable bonds is 2. The predicted octanol–water partition coefficient (Wildman–Crippen LogP) is 2.20. The van der Waals surface area contributed by atoms with Crippen molar-refractivity contribution in [3.8, 4) is 11.9 Å². The third-order valence-corrected chi connectivity index (χ3v) is 3.09. The highest BCUT2D eigenvalue weighted by Crippen LogP contribution is 2.34. The van der Waals surface area contributed by atoms with Gasteiger partial charge in [-0.1, -0.05) is 11.6 Å². The molecule has 18 heavy (non-hydrogen) atoms. The van der Waals surface area contributed by atoms with Gasteiger partial charge in [0.15, 0.2) is 6.19 Å². The number of nitrogens with one attached hydrogen (secondary N) is 1. The number of ether oxygens (including phenoxy) is 1. The van der Waals surface area contributed by atoms with Crippen molar-refractivity contribution < 1.29 is 9.53 Å². The first-order valence-electron chi connectivity index (χ1n) is 5.38. The molecule has 0 spiro atoms. The van der Waals surface area contributed by atoms with Gasteiger partial charge in [-0.3, -0.25) is 0 Å². The van der Waals surface area contributed by atoms with E-state index in [9.17, 15) is 4.79 Å². The zero-order valence-electron chi connectivity index (χ0n) is 10.0. The lowest BCUT2D eigenvalue weighted by molar-refractivity contribution is 0.232. The Morgan fingerprint density at radius 1 is 1.61 bits per heavy atom. The fourth-order valence-electron chi connectivity index (χ4n) is 2.09. The highest BCUT2D eigenvalue weighted by atomic mass is 35.5. The van der Waals surface area contributed by atoms with Crippen LogP contribution in [0.15, 0.2) is 12.1 Å². The molecule has 1 aliphatic rings. The average Bonchev–Trinajstić information content (AvgIpc) is 2.69. The number of hydrogen-bond acceptors (Lipinski definition) is 3. The van der Waals surface area contributed by atoms with Crippen LogP contribution >= 0.6 is 11.6 Å². The van der Waals surface area contributed by atoms with Gasteiger partial charge < -0.3 is 10.1 Å². The van der Waals surface area contributed by atoms with Gasteiger partial charge in [0.2, 0.25) is 0 Å². The smallest absolute Gasteiger partial charge is 0.331 e. The summed E-state index contributed by atoms with van der Waals surface area (Å²) in [6, 6.07) is 2.86. The molecule has 0 aliphatic carbocycles. The Bertz CT molecular complexity index is 539. The zero-order valence-corrected chi connectivity index (χ0v) is 10.8. The first-order valence-corrected chi connectivity index (χ1v) is 5.76. The number of nitriles is 1. The molecule has 1 aliphatic heterocycles. The number of methoxy groups -OCH3 is 1. The summed E-state index contributed by atoms with van der Waals surface area (Å²) >= 11 is 6.02. The maximum atomic E-state index is 11.5. The van der Waals surface area contributed by atoms with Crippen molar-refractivity contribution in [2.45, 2.75) is 13.0 Å². The Kier molecular flexibility index (Phi) is 3.30. The van der Waals surface area contributed by atoms with E-state index in [2.05, 4.69) is 5.32 Å². The molecule has 1 heterocycles. The van der Waals surface area contributed by atoms with Crippen molar-refractivity contribution in [3.05, 3.63) is 28.3 Å². The molecule has 94 valence electrons. The van der Waals surface area contributed by atoms with Crippen LogP contribution in [-0.4, -0.2) is 24.6 Å². The Morgan fingerprint density at radius 2 is 2.33 bits per heavy atom. The SMILES string of the molecule is COc1c(C)cc(Cl)cc1C1CN(C#N)C(=O)N1. The molecule has 1 fully saturated rings. The van der Waals surface area contributed by atoms with E-state index in [1.807, 2.05) is 13.1 Å². The minimum absolute atomic E-state index is 0.283. The quantitative estimate of drug-likeness (QED) is 0.834. The van der Waals surface area contributed by atoms with E-state index in [1.54, 1.807) is 19.2 Å². The molecule has 1 N–H and O–H groups in total. The highest BCUT2D eigenvalue weighted by molar-refractivity contribution is 6.30. The molecule has 0 bridgehead atoms. The third kappa shape index (κ3) is 2.07. The van der Waals surface area contributed by atoms with Gasteiger partial charge >= 0.3 is 6.03 Å². The monoisotopic (exact) mass is 265 g/mol. The second-order valence-corrected chi connectivity index (χ2v) is 4.49. The lowest BCUT2D eigenvalue weighted by atomic mass is 10.0. The van der Waals surface area contributed by atoms with Crippen molar-refractivity contribution in [2.75, 3.05) is 13.7 Å². The van der Waals surface area contributed by atoms with Gasteiger partial charge in [0.25, 0.3) is 0 Å². The van der Waals surface area contributed by atoms with Gasteiger partial charge in [0.05, 0.1) is 19.7 Å². The Balaban J connectivity index is 2.41. The molecule has 2 rings (SSSR count). The van der Waals surface area contributed by atoms with E-state index >= 15 is 0 Å². The first kappa shape index (κ1) is 12.5. The topological polar surface area (TPSA) is 65.4 Å². The molecule has 1 aromatic rings. The van der Waals surface area contributed by atoms with Crippen LogP contribution in [0, 0.1) is 18.4 Å². The fraction of sp³-hybridized carbons (Fsp3) is 0.333. The first-order chi connectivity index (χ1) is 8.56. The van der Waals surface area contributed by atoms with E-state index in [1.165, 1.54) is 0 Å². The zero-order chi connectivity index (χ0) is 13.3. The standard InChI is InChI=1S/C12H12ClN3O2/c1-7-3-8(13)4-9(11(7)18-2)10-5-16(6-14)12(17)15-10/h3-4,10H,5H2,1-2H3,(H,15,17). The summed E-state index contributed by atoms with van der Waals surface area (Å²) in [5.41, 5.74) is 1.68. The van der Waals surface area contributed by atoms with E-state index in [0.717, 1.165) is 16.0 Å². The number of aryl methyl sites for hydroxylation is 1. The van der Waals surface area contributed by atoms with Gasteiger partial charge in [0.1, 0.15) is 5.75 Å². The maximum absolute atomic E-state index is 11.5. The molecule has 1 atom stereocenters. The van der Waals surface area contributed by atoms with Gasteiger partial charge in [-0.15, -0.1) is 0 Å². The van der Waals surface area contributed by atoms with Gasteiger partial charge in [-0.05, 0) is 24.6 Å². The van der Waals surface area contributed by atoms with Crippen LogP contribution in [-0.2, 0) is 0 Å². The number of hydrogen-bond donors (Lipinski definition) is 1. The number of benzene rings is 1. The molecule has 0 aromatic heterocycles. The van der Waals surface area contributed by atoms with Crippen LogP contribution in [0.5, 0.6) is 5.75 Å². The minimum Gasteiger partial charge on any atom is -0.496 e. The van der Waals surface area contributed by atoms with E-state index in [4.69, 9.17) is 21.6 Å². The van der Waals surface area contributed by atoms with Crippen LogP contribution in [0.2, 0.25) is 5.02 Å². The molecular weight excluding hydrogens is 254 g/mol. The minimum atomic E-state index is -0.401. The number of carbonyl (C=O) groups excluding carboxylic acids is 1. The van der Waals surface area contributed by atoms with Gasteiger partial charge in [-0.2, -0.15) is 5.26 Å². The number of carbonyl (C=O) groups is 1. The summed E-state index contributed by atoms with van der Waals surface area (Å²) in [7, 11) is 1.57. The van der Waals surface area contributed by atoms with Gasteiger partial charge in [-0.25, -0.2) is 9.69 Å². The number of urea groups is 1. The molecule has 6 heteroatoms. The molecule has 5 nitrogen and oxygen atoms in total. The summed E-state index contributed by atoms with van der Waals surface area (Å²) < 4.78 is 5.34. The summed E-state index contributed by atoms with van der Waals surface area (Å²) in [6.45, 7) is 2.17. The van der Waals surface area contributed by atoms with Crippen LogP contribution in [0.25, 0.3) is 0 Å². The highest BCUT2D eigenvalue weighted by Gasteiger charge is 2.32. The van der Waals surface area contributed by atoms with Crippen molar-refractivity contribution in [1.29, 1.82) is 5.26 Å². The molecule has 1 saturated heterocycles. The molecule has 1 unspecified atom stereocenters. The number of amides is 2. The fourth-order valence-corrected chi connectivity index (χ4v) is 2.38.